The zero-order valence-corrected chi connectivity index (χ0v) is 10.6. The van der Waals surface area contributed by atoms with Gasteiger partial charge in [-0.05, 0) is 37.1 Å². The van der Waals surface area contributed by atoms with E-state index in [1.807, 2.05) is 0 Å². The SMILES string of the molecule is O=C(O)c1ccc(CN2CCCC(C(=O)O)C2)cc1. The third kappa shape index (κ3) is 3.54. The number of benzene rings is 1. The summed E-state index contributed by atoms with van der Waals surface area (Å²) in [4.78, 5) is 23.8. The van der Waals surface area contributed by atoms with E-state index in [-0.39, 0.29) is 11.5 Å². The second-order valence-electron chi connectivity index (χ2n) is 4.91. The van der Waals surface area contributed by atoms with Crippen LogP contribution >= 0.6 is 0 Å². The molecular formula is C14H17NO4. The number of rotatable bonds is 4. The highest BCUT2D eigenvalue weighted by molar-refractivity contribution is 5.87. The average Bonchev–Trinajstić information content (AvgIpc) is 2.39. The molecule has 1 fully saturated rings. The minimum atomic E-state index is -0.935. The summed E-state index contributed by atoms with van der Waals surface area (Å²) in [7, 11) is 0. The fourth-order valence-corrected chi connectivity index (χ4v) is 2.41. The quantitative estimate of drug-likeness (QED) is 0.864. The second kappa shape index (κ2) is 5.84. The maximum atomic E-state index is 11.0. The largest absolute Gasteiger partial charge is 0.481 e. The smallest absolute Gasteiger partial charge is 0.335 e. The maximum Gasteiger partial charge on any atom is 0.335 e. The van der Waals surface area contributed by atoms with Crippen molar-refractivity contribution in [1.82, 2.24) is 4.90 Å². The summed E-state index contributed by atoms with van der Waals surface area (Å²) < 4.78 is 0. The minimum absolute atomic E-state index is 0.269. The molecule has 5 heteroatoms. The van der Waals surface area contributed by atoms with Crippen LogP contribution in [0.5, 0.6) is 0 Å². The van der Waals surface area contributed by atoms with E-state index >= 15 is 0 Å². The summed E-state index contributed by atoms with van der Waals surface area (Å²) >= 11 is 0. The molecule has 19 heavy (non-hydrogen) atoms. The van der Waals surface area contributed by atoms with E-state index in [4.69, 9.17) is 10.2 Å². The summed E-state index contributed by atoms with van der Waals surface area (Å²) in [5, 5.41) is 17.8. The third-order valence-electron chi connectivity index (χ3n) is 3.46. The Morgan fingerprint density at radius 3 is 2.47 bits per heavy atom. The Kier molecular flexibility index (Phi) is 4.16. The van der Waals surface area contributed by atoms with Crippen LogP contribution in [0.1, 0.15) is 28.8 Å². The van der Waals surface area contributed by atoms with Crippen LogP contribution < -0.4 is 0 Å². The molecule has 0 aromatic heterocycles. The van der Waals surface area contributed by atoms with Crippen molar-refractivity contribution in [2.45, 2.75) is 19.4 Å². The summed E-state index contributed by atoms with van der Waals surface area (Å²) in [6.45, 7) is 2.13. The summed E-state index contributed by atoms with van der Waals surface area (Å²) in [6, 6.07) is 6.73. The molecule has 0 spiro atoms. The number of piperidine rings is 1. The van der Waals surface area contributed by atoms with E-state index in [9.17, 15) is 9.59 Å². The van der Waals surface area contributed by atoms with E-state index in [1.165, 1.54) is 0 Å². The molecule has 1 unspecified atom stereocenters. The van der Waals surface area contributed by atoms with Gasteiger partial charge in [0.1, 0.15) is 0 Å². The van der Waals surface area contributed by atoms with Crippen LogP contribution in [-0.4, -0.2) is 40.1 Å². The van der Waals surface area contributed by atoms with E-state index in [1.54, 1.807) is 24.3 Å². The number of carboxylic acids is 2. The number of aromatic carboxylic acids is 1. The lowest BCUT2D eigenvalue weighted by Crippen LogP contribution is -2.38. The summed E-state index contributed by atoms with van der Waals surface area (Å²) in [5.74, 6) is -1.95. The number of carboxylic acid groups (broad SMARTS) is 2. The lowest BCUT2D eigenvalue weighted by atomic mass is 9.98. The van der Waals surface area contributed by atoms with Gasteiger partial charge in [-0.3, -0.25) is 9.69 Å². The maximum absolute atomic E-state index is 11.0. The number of likely N-dealkylation sites (tertiary alicyclic amines) is 1. The fourth-order valence-electron chi connectivity index (χ4n) is 2.41. The van der Waals surface area contributed by atoms with Crippen molar-refractivity contribution in [1.29, 1.82) is 0 Å². The number of carbonyl (C=O) groups is 2. The summed E-state index contributed by atoms with van der Waals surface area (Å²) in [6.07, 6.45) is 1.63. The van der Waals surface area contributed by atoms with Gasteiger partial charge in [0.05, 0.1) is 11.5 Å². The van der Waals surface area contributed by atoms with Gasteiger partial charge >= 0.3 is 11.9 Å². The predicted molar refractivity (Wildman–Crippen MR) is 69.0 cm³/mol. The van der Waals surface area contributed by atoms with Gasteiger partial charge in [0.15, 0.2) is 0 Å². The molecule has 1 aliphatic heterocycles. The Labute approximate surface area is 111 Å². The van der Waals surface area contributed by atoms with Gasteiger partial charge in [0.2, 0.25) is 0 Å². The highest BCUT2D eigenvalue weighted by atomic mass is 16.4. The van der Waals surface area contributed by atoms with Gasteiger partial charge in [-0.1, -0.05) is 12.1 Å². The molecule has 1 heterocycles. The lowest BCUT2D eigenvalue weighted by Gasteiger charge is -2.30. The van der Waals surface area contributed by atoms with Crippen LogP contribution in [0.2, 0.25) is 0 Å². The first-order valence-corrected chi connectivity index (χ1v) is 6.33. The van der Waals surface area contributed by atoms with Crippen LogP contribution in [0.15, 0.2) is 24.3 Å². The first-order valence-electron chi connectivity index (χ1n) is 6.33. The van der Waals surface area contributed by atoms with Crippen molar-refractivity contribution in [2.75, 3.05) is 13.1 Å². The highest BCUT2D eigenvalue weighted by Crippen LogP contribution is 2.19. The Morgan fingerprint density at radius 1 is 1.21 bits per heavy atom. The fraction of sp³-hybridized carbons (Fsp3) is 0.429. The first-order chi connectivity index (χ1) is 9.06. The highest BCUT2D eigenvalue weighted by Gasteiger charge is 2.25. The minimum Gasteiger partial charge on any atom is -0.481 e. The van der Waals surface area contributed by atoms with E-state index in [2.05, 4.69) is 4.90 Å². The molecule has 1 aromatic rings. The number of nitrogens with zero attached hydrogens (tertiary/aromatic N) is 1. The van der Waals surface area contributed by atoms with E-state index in [0.29, 0.717) is 13.1 Å². The molecule has 0 saturated carbocycles. The van der Waals surface area contributed by atoms with E-state index in [0.717, 1.165) is 24.9 Å². The molecule has 5 nitrogen and oxygen atoms in total. The third-order valence-corrected chi connectivity index (χ3v) is 3.46. The van der Waals surface area contributed by atoms with Gasteiger partial charge in [-0.15, -0.1) is 0 Å². The Hall–Kier alpha value is -1.88. The molecule has 2 rings (SSSR count). The van der Waals surface area contributed by atoms with Gasteiger partial charge in [-0.25, -0.2) is 4.79 Å². The van der Waals surface area contributed by atoms with Crippen LogP contribution in [0, 0.1) is 5.92 Å². The molecule has 0 bridgehead atoms. The monoisotopic (exact) mass is 263 g/mol. The Bertz CT molecular complexity index is 469. The van der Waals surface area contributed by atoms with Crippen molar-refractivity contribution in [3.8, 4) is 0 Å². The zero-order chi connectivity index (χ0) is 13.8. The molecule has 0 amide bonds. The van der Waals surface area contributed by atoms with Gasteiger partial charge in [0.25, 0.3) is 0 Å². The van der Waals surface area contributed by atoms with Crippen molar-refractivity contribution in [3.05, 3.63) is 35.4 Å². The molecule has 102 valence electrons. The lowest BCUT2D eigenvalue weighted by molar-refractivity contribution is -0.143. The topological polar surface area (TPSA) is 77.8 Å². The number of aliphatic carboxylic acids is 1. The van der Waals surface area contributed by atoms with Crippen LogP contribution in [0.3, 0.4) is 0 Å². The average molecular weight is 263 g/mol. The molecular weight excluding hydrogens is 246 g/mol. The first kappa shape index (κ1) is 13.5. The van der Waals surface area contributed by atoms with Crippen molar-refractivity contribution >= 4 is 11.9 Å². The molecule has 0 aliphatic carbocycles. The van der Waals surface area contributed by atoms with Gasteiger partial charge in [-0.2, -0.15) is 0 Å². The van der Waals surface area contributed by atoms with Crippen LogP contribution in [0.4, 0.5) is 0 Å². The molecule has 0 radical (unpaired) electrons. The molecule has 2 N–H and O–H groups in total. The number of hydrogen-bond donors (Lipinski definition) is 2. The predicted octanol–water partition coefficient (Wildman–Crippen LogP) is 1.68. The number of hydrogen-bond acceptors (Lipinski definition) is 3. The van der Waals surface area contributed by atoms with Crippen LogP contribution in [0.25, 0.3) is 0 Å². The molecule has 1 atom stereocenters. The molecule has 1 aromatic carbocycles. The normalized spacial score (nSPS) is 20.1. The second-order valence-corrected chi connectivity index (χ2v) is 4.91. The van der Waals surface area contributed by atoms with E-state index < -0.39 is 11.9 Å². The van der Waals surface area contributed by atoms with Crippen molar-refractivity contribution in [2.24, 2.45) is 5.92 Å². The summed E-state index contributed by atoms with van der Waals surface area (Å²) in [5.41, 5.74) is 1.28. The zero-order valence-electron chi connectivity index (χ0n) is 10.6. The molecule has 1 aliphatic rings. The Morgan fingerprint density at radius 2 is 1.89 bits per heavy atom. The Balaban J connectivity index is 1.96. The standard InChI is InChI=1S/C14H17NO4/c16-13(17)11-5-3-10(4-6-11)8-15-7-1-2-12(9-15)14(18)19/h3-6,12H,1-2,7-9H2,(H,16,17)(H,18,19). The molecule has 1 saturated heterocycles. The van der Waals surface area contributed by atoms with Gasteiger partial charge < -0.3 is 10.2 Å². The van der Waals surface area contributed by atoms with Crippen LogP contribution in [-0.2, 0) is 11.3 Å². The van der Waals surface area contributed by atoms with Crippen molar-refractivity contribution < 1.29 is 19.8 Å². The van der Waals surface area contributed by atoms with Gasteiger partial charge in [0, 0.05) is 13.1 Å². The van der Waals surface area contributed by atoms with Crippen molar-refractivity contribution in [3.63, 3.8) is 0 Å².